The van der Waals surface area contributed by atoms with Gasteiger partial charge in [-0.1, -0.05) is 12.1 Å². The summed E-state index contributed by atoms with van der Waals surface area (Å²) in [5.41, 5.74) is 6.85. The zero-order valence-corrected chi connectivity index (χ0v) is 12.6. The van der Waals surface area contributed by atoms with Crippen LogP contribution < -0.4 is 5.73 Å². The van der Waals surface area contributed by atoms with Gasteiger partial charge in [-0.05, 0) is 37.1 Å². The van der Waals surface area contributed by atoms with Crippen molar-refractivity contribution in [2.75, 3.05) is 12.3 Å². The Morgan fingerprint density at radius 3 is 2.75 bits per heavy atom. The first-order valence-electron chi connectivity index (χ1n) is 6.42. The number of likely N-dealkylation sites (tertiary alicyclic amines) is 1. The van der Waals surface area contributed by atoms with Gasteiger partial charge in [-0.2, -0.15) is 0 Å². The van der Waals surface area contributed by atoms with Gasteiger partial charge in [-0.15, -0.1) is 23.7 Å². The number of nitrogens with zero attached hydrogens (tertiary/aromatic N) is 2. The molecule has 3 rings (SSSR count). The Morgan fingerprint density at radius 2 is 2.10 bits per heavy atom. The van der Waals surface area contributed by atoms with E-state index < -0.39 is 0 Å². The number of aromatic nitrogens is 1. The normalized spacial score (nSPS) is 18.9. The quantitative estimate of drug-likeness (QED) is 0.941. The Balaban J connectivity index is 0.00000147. The maximum atomic E-state index is 13.0. The molecule has 1 unspecified atom stereocenters. The van der Waals surface area contributed by atoms with Gasteiger partial charge in [0.1, 0.15) is 5.82 Å². The summed E-state index contributed by atoms with van der Waals surface area (Å²) in [6, 6.07) is 7.23. The molecule has 0 radical (unpaired) electrons. The van der Waals surface area contributed by atoms with Gasteiger partial charge in [0.2, 0.25) is 0 Å². The highest BCUT2D eigenvalue weighted by Gasteiger charge is 2.26. The lowest BCUT2D eigenvalue weighted by atomic mass is 10.0. The number of anilines is 1. The molecule has 1 saturated heterocycles. The van der Waals surface area contributed by atoms with Gasteiger partial charge >= 0.3 is 0 Å². The Hall–Kier alpha value is -1.17. The van der Waals surface area contributed by atoms with Crippen LogP contribution in [0.2, 0.25) is 0 Å². The largest absolute Gasteiger partial charge is 0.375 e. The molecule has 3 nitrogen and oxygen atoms in total. The Kier molecular flexibility index (Phi) is 4.96. The van der Waals surface area contributed by atoms with Crippen molar-refractivity contribution < 1.29 is 4.39 Å². The monoisotopic (exact) mass is 313 g/mol. The number of thiazole rings is 1. The summed E-state index contributed by atoms with van der Waals surface area (Å²) in [7, 11) is 0. The zero-order valence-electron chi connectivity index (χ0n) is 11.0. The predicted molar refractivity (Wildman–Crippen MR) is 82.6 cm³/mol. The van der Waals surface area contributed by atoms with Crippen LogP contribution in [0.5, 0.6) is 0 Å². The molecule has 1 atom stereocenters. The lowest BCUT2D eigenvalue weighted by Crippen LogP contribution is -2.22. The van der Waals surface area contributed by atoms with Crippen molar-refractivity contribution >= 4 is 28.9 Å². The van der Waals surface area contributed by atoms with E-state index in [2.05, 4.69) is 9.88 Å². The number of nitrogen functional groups attached to an aromatic ring is 1. The van der Waals surface area contributed by atoms with Crippen LogP contribution >= 0.6 is 23.7 Å². The Morgan fingerprint density at radius 1 is 1.35 bits per heavy atom. The van der Waals surface area contributed by atoms with Crippen LogP contribution in [0, 0.1) is 5.82 Å². The Labute approximate surface area is 128 Å². The van der Waals surface area contributed by atoms with E-state index in [1.54, 1.807) is 0 Å². The molecule has 0 aliphatic carbocycles. The Bertz CT molecular complexity index is 558. The minimum Gasteiger partial charge on any atom is -0.375 e. The maximum Gasteiger partial charge on any atom is 0.180 e. The third-order valence-electron chi connectivity index (χ3n) is 3.55. The van der Waals surface area contributed by atoms with Gasteiger partial charge in [0.15, 0.2) is 5.13 Å². The third kappa shape index (κ3) is 3.29. The van der Waals surface area contributed by atoms with Crippen molar-refractivity contribution in [1.82, 2.24) is 9.88 Å². The average molecular weight is 314 g/mol. The topological polar surface area (TPSA) is 42.1 Å². The molecule has 1 aromatic heterocycles. The van der Waals surface area contributed by atoms with Gasteiger partial charge in [-0.3, -0.25) is 4.90 Å². The summed E-state index contributed by atoms with van der Waals surface area (Å²) < 4.78 is 13.0. The van der Waals surface area contributed by atoms with Crippen molar-refractivity contribution in [3.8, 4) is 0 Å². The van der Waals surface area contributed by atoms with Crippen molar-refractivity contribution in [3.05, 3.63) is 46.7 Å². The highest BCUT2D eigenvalue weighted by Crippen LogP contribution is 2.34. The fourth-order valence-electron chi connectivity index (χ4n) is 2.67. The summed E-state index contributed by atoms with van der Waals surface area (Å²) in [6.45, 7) is 1.94. The standard InChI is InChI=1S/C14H16FN3S.ClH/c15-11-5-3-10(4-6-11)13-2-1-7-18(13)9-12-8-17-14(16)19-12;/h3-6,8,13H,1-2,7,9H2,(H2,16,17);1H. The SMILES string of the molecule is Cl.Nc1ncc(CN2CCCC2c2ccc(F)cc2)s1. The molecule has 0 spiro atoms. The summed E-state index contributed by atoms with van der Waals surface area (Å²) in [5.74, 6) is -0.177. The van der Waals surface area contributed by atoms with Crippen LogP contribution in [-0.4, -0.2) is 16.4 Å². The van der Waals surface area contributed by atoms with Crippen LogP contribution in [0.15, 0.2) is 30.5 Å². The molecule has 1 fully saturated rings. The second-order valence-corrected chi connectivity index (χ2v) is 5.99. The van der Waals surface area contributed by atoms with Crippen LogP contribution in [0.1, 0.15) is 29.3 Å². The molecule has 2 heterocycles. The van der Waals surface area contributed by atoms with Gasteiger partial charge in [0.25, 0.3) is 0 Å². The second-order valence-electron chi connectivity index (χ2n) is 4.84. The van der Waals surface area contributed by atoms with E-state index >= 15 is 0 Å². The number of rotatable bonds is 3. The lowest BCUT2D eigenvalue weighted by Gasteiger charge is -2.24. The van der Waals surface area contributed by atoms with Crippen LogP contribution in [0.4, 0.5) is 9.52 Å². The minimum atomic E-state index is -0.177. The minimum absolute atomic E-state index is 0. The molecule has 0 bridgehead atoms. The summed E-state index contributed by atoms with van der Waals surface area (Å²) in [6.07, 6.45) is 4.15. The van der Waals surface area contributed by atoms with Crippen molar-refractivity contribution in [3.63, 3.8) is 0 Å². The summed E-state index contributed by atoms with van der Waals surface area (Å²) >= 11 is 1.54. The van der Waals surface area contributed by atoms with Crippen LogP contribution in [0.25, 0.3) is 0 Å². The van der Waals surface area contributed by atoms with Crippen molar-refractivity contribution in [2.24, 2.45) is 0 Å². The van der Waals surface area contributed by atoms with Crippen LogP contribution in [0.3, 0.4) is 0 Å². The number of hydrogen-bond donors (Lipinski definition) is 1. The fraction of sp³-hybridized carbons (Fsp3) is 0.357. The second kappa shape index (κ2) is 6.52. The molecule has 0 saturated carbocycles. The zero-order chi connectivity index (χ0) is 13.2. The molecule has 2 aromatic rings. The van der Waals surface area contributed by atoms with E-state index in [0.717, 1.165) is 19.5 Å². The molecule has 1 aromatic carbocycles. The molecule has 1 aliphatic heterocycles. The molecule has 2 N–H and O–H groups in total. The van der Waals surface area contributed by atoms with E-state index in [4.69, 9.17) is 5.73 Å². The van der Waals surface area contributed by atoms with Gasteiger partial charge in [0, 0.05) is 23.7 Å². The summed E-state index contributed by atoms with van der Waals surface area (Å²) in [5, 5.41) is 0.618. The van der Waals surface area contributed by atoms with E-state index in [-0.39, 0.29) is 18.2 Å². The van der Waals surface area contributed by atoms with Gasteiger partial charge < -0.3 is 5.73 Å². The number of nitrogens with two attached hydrogens (primary N) is 1. The fourth-order valence-corrected chi connectivity index (χ4v) is 3.38. The molecule has 20 heavy (non-hydrogen) atoms. The average Bonchev–Trinajstić information content (AvgIpc) is 3.00. The summed E-state index contributed by atoms with van der Waals surface area (Å²) in [4.78, 5) is 7.69. The molecule has 6 heteroatoms. The molecule has 0 amide bonds. The molecule has 108 valence electrons. The van der Waals surface area contributed by atoms with Crippen molar-refractivity contribution in [1.29, 1.82) is 0 Å². The number of halogens is 2. The predicted octanol–water partition coefficient (Wildman–Crippen LogP) is 3.62. The van der Waals surface area contributed by atoms with E-state index in [0.29, 0.717) is 11.2 Å². The first kappa shape index (κ1) is 15.2. The lowest BCUT2D eigenvalue weighted by molar-refractivity contribution is 0.250. The van der Waals surface area contributed by atoms with E-state index in [1.807, 2.05) is 18.3 Å². The first-order valence-corrected chi connectivity index (χ1v) is 7.24. The number of benzene rings is 1. The van der Waals surface area contributed by atoms with Crippen LogP contribution in [-0.2, 0) is 6.54 Å². The molecule has 1 aliphatic rings. The highest BCUT2D eigenvalue weighted by atomic mass is 35.5. The maximum absolute atomic E-state index is 13.0. The third-order valence-corrected chi connectivity index (χ3v) is 4.36. The van der Waals surface area contributed by atoms with Gasteiger partial charge in [-0.25, -0.2) is 9.37 Å². The number of hydrogen-bond acceptors (Lipinski definition) is 4. The van der Waals surface area contributed by atoms with E-state index in [9.17, 15) is 4.39 Å². The smallest absolute Gasteiger partial charge is 0.180 e. The first-order chi connectivity index (χ1) is 9.22. The van der Waals surface area contributed by atoms with E-state index in [1.165, 1.54) is 40.3 Å². The highest BCUT2D eigenvalue weighted by molar-refractivity contribution is 7.15. The van der Waals surface area contributed by atoms with Crippen molar-refractivity contribution in [2.45, 2.75) is 25.4 Å². The molecular weight excluding hydrogens is 297 g/mol. The van der Waals surface area contributed by atoms with Gasteiger partial charge in [0.05, 0.1) is 0 Å². The molecular formula is C14H17ClFN3S.